The summed E-state index contributed by atoms with van der Waals surface area (Å²) in [7, 11) is 0. The topological polar surface area (TPSA) is 45.9 Å². The molecule has 0 atom stereocenters. The molecule has 0 fully saturated rings. The van der Waals surface area contributed by atoms with Crippen LogP contribution in [0.4, 0.5) is 22.9 Å². The van der Waals surface area contributed by atoms with Crippen LogP contribution in [0.2, 0.25) is 0 Å². The minimum Gasteiger partial charge on any atom is -0.457 e. The van der Waals surface area contributed by atoms with Gasteiger partial charge in [-0.05, 0) is 95.8 Å². The van der Waals surface area contributed by atoms with E-state index >= 15 is 0 Å². The van der Waals surface area contributed by atoms with E-state index in [-0.39, 0.29) is 23.2 Å². The van der Waals surface area contributed by atoms with E-state index in [0.717, 1.165) is 56.7 Å². The Morgan fingerprint density at radius 3 is 2.02 bits per heavy atom. The zero-order valence-corrected chi connectivity index (χ0v) is 37.7. The predicted octanol–water partition coefficient (Wildman–Crippen LogP) is 13.7. The summed E-state index contributed by atoms with van der Waals surface area (Å²) < 4.78 is 9.46. The van der Waals surface area contributed by atoms with Crippen molar-refractivity contribution < 1.29 is 4.74 Å². The highest BCUT2D eigenvalue weighted by molar-refractivity contribution is 6.85. The molecule has 63 heavy (non-hydrogen) atoms. The first-order chi connectivity index (χ1) is 30.2. The van der Waals surface area contributed by atoms with E-state index in [9.17, 15) is 0 Å². The molecule has 310 valence electrons. The van der Waals surface area contributed by atoms with Gasteiger partial charge in [-0.3, -0.25) is 4.40 Å². The third kappa shape index (κ3) is 5.78. The molecule has 0 spiro atoms. The number of aryl methyl sites for hydroxylation is 2. The van der Waals surface area contributed by atoms with Crippen LogP contribution in [0, 0.1) is 13.8 Å². The zero-order chi connectivity index (χ0) is 43.6. The summed E-state index contributed by atoms with van der Waals surface area (Å²) in [4.78, 5) is 15.5. The van der Waals surface area contributed by atoms with Crippen molar-refractivity contribution in [3.8, 4) is 22.8 Å². The van der Waals surface area contributed by atoms with Gasteiger partial charge >= 0.3 is 6.98 Å². The summed E-state index contributed by atoms with van der Waals surface area (Å²) in [6, 6.07) is 52.2. The molecule has 6 nitrogen and oxygen atoms in total. The maximum atomic E-state index is 7.00. The SMILES string of the molecule is Cc1cccc(C)c1B1N(c2ccccc2)c2ccc(Oc3ccc4c(c3)c3nc(-c5ccccc5)c5n3c3c(cccc43)C(C)(C)C5(C)C)cc2N1c1cc(C(C)(C)C)ccn1. The summed E-state index contributed by atoms with van der Waals surface area (Å²) in [6.45, 7) is 20.5. The zero-order valence-electron chi connectivity index (χ0n) is 37.7. The fraction of sp³-hybridized carbons (Fsp3) is 0.214. The standard InChI is InChI=1S/C56H52BN5O/c1-35-18-16-19-36(2)49(35)57-61(39-22-14-11-15-23-39)46-29-27-41(34-47(46)62(57)48-32-38(30-31-58-48)54(3,4)5)63-40-26-28-42-43-24-17-25-45-51(43)60-52(56(8,9)55(45,6)7)50(37-20-12-10-13-21-37)59-53(60)44(42)33-40/h10-34H,1-9H3. The van der Waals surface area contributed by atoms with Crippen molar-refractivity contribution in [3.05, 3.63) is 180 Å². The van der Waals surface area contributed by atoms with Crippen molar-refractivity contribution in [1.29, 1.82) is 0 Å². The highest BCUT2D eigenvalue weighted by Gasteiger charge is 2.49. The van der Waals surface area contributed by atoms with Gasteiger partial charge in [-0.2, -0.15) is 0 Å². The molecule has 0 aliphatic carbocycles. The summed E-state index contributed by atoms with van der Waals surface area (Å²) in [6.07, 6.45) is 1.96. The normalized spacial score (nSPS) is 15.2. The van der Waals surface area contributed by atoms with Crippen LogP contribution in [0.5, 0.6) is 11.5 Å². The summed E-state index contributed by atoms with van der Waals surface area (Å²) >= 11 is 0. The van der Waals surface area contributed by atoms with Crippen LogP contribution in [-0.4, -0.2) is 21.4 Å². The number of benzene rings is 6. The van der Waals surface area contributed by atoms with Crippen molar-refractivity contribution in [2.75, 3.05) is 9.62 Å². The number of ether oxygens (including phenoxy) is 1. The van der Waals surface area contributed by atoms with Gasteiger partial charge in [0.1, 0.15) is 23.0 Å². The van der Waals surface area contributed by atoms with Crippen LogP contribution < -0.4 is 19.8 Å². The average Bonchev–Trinajstić information content (AvgIpc) is 3.84. The fourth-order valence-electron chi connectivity index (χ4n) is 10.4. The van der Waals surface area contributed by atoms with Gasteiger partial charge < -0.3 is 14.4 Å². The summed E-state index contributed by atoms with van der Waals surface area (Å²) in [5.74, 6) is 2.39. The quantitative estimate of drug-likeness (QED) is 0.123. The Morgan fingerprint density at radius 2 is 1.29 bits per heavy atom. The Morgan fingerprint density at radius 1 is 0.603 bits per heavy atom. The molecule has 0 saturated carbocycles. The number of nitrogens with zero attached hydrogens (tertiary/aromatic N) is 5. The molecule has 2 aliphatic rings. The lowest BCUT2D eigenvalue weighted by atomic mass is 9.60. The largest absolute Gasteiger partial charge is 0.457 e. The first kappa shape index (κ1) is 39.0. The minimum absolute atomic E-state index is 0.0607. The third-order valence-electron chi connectivity index (χ3n) is 14.4. The lowest BCUT2D eigenvalue weighted by Gasteiger charge is -2.46. The van der Waals surface area contributed by atoms with Crippen LogP contribution in [0.1, 0.15) is 76.4 Å². The van der Waals surface area contributed by atoms with Crippen molar-refractivity contribution in [3.63, 3.8) is 0 Å². The molecule has 0 radical (unpaired) electrons. The first-order valence-corrected chi connectivity index (χ1v) is 22.2. The van der Waals surface area contributed by atoms with E-state index in [2.05, 4.69) is 222 Å². The van der Waals surface area contributed by atoms with E-state index in [0.29, 0.717) is 0 Å². The van der Waals surface area contributed by atoms with Gasteiger partial charge in [0.05, 0.1) is 28.3 Å². The Balaban J connectivity index is 1.11. The Labute approximate surface area is 371 Å². The lowest BCUT2D eigenvalue weighted by molar-refractivity contribution is 0.289. The lowest BCUT2D eigenvalue weighted by Crippen LogP contribution is -2.55. The van der Waals surface area contributed by atoms with Crippen LogP contribution in [0.3, 0.4) is 0 Å². The number of pyridine rings is 2. The molecule has 7 heteroatoms. The second-order valence-corrected chi connectivity index (χ2v) is 19.7. The number of hydrogen-bond acceptors (Lipinski definition) is 5. The molecule has 0 unspecified atom stereocenters. The summed E-state index contributed by atoms with van der Waals surface area (Å²) in [5, 5.41) is 3.45. The number of imidazole rings is 1. The highest BCUT2D eigenvalue weighted by Crippen LogP contribution is 2.54. The van der Waals surface area contributed by atoms with Gasteiger partial charge in [0.2, 0.25) is 0 Å². The monoisotopic (exact) mass is 821 g/mol. The van der Waals surface area contributed by atoms with Crippen LogP contribution in [0.15, 0.2) is 152 Å². The Hall–Kier alpha value is -6.86. The van der Waals surface area contributed by atoms with Crippen molar-refractivity contribution in [2.24, 2.45) is 0 Å². The average molecular weight is 822 g/mol. The molecule has 0 saturated heterocycles. The number of hydrogen-bond donors (Lipinski definition) is 0. The van der Waals surface area contributed by atoms with Crippen molar-refractivity contribution in [2.45, 2.75) is 78.6 Å². The van der Waals surface area contributed by atoms with Gasteiger partial charge in [-0.15, -0.1) is 0 Å². The Bertz CT molecular complexity index is 3270. The van der Waals surface area contributed by atoms with Crippen LogP contribution >= 0.6 is 0 Å². The first-order valence-electron chi connectivity index (χ1n) is 22.2. The van der Waals surface area contributed by atoms with Gasteiger partial charge in [0.15, 0.2) is 0 Å². The molecular weight excluding hydrogens is 769 g/mol. The molecule has 6 aromatic carbocycles. The van der Waals surface area contributed by atoms with Gasteiger partial charge in [-0.25, -0.2) is 9.97 Å². The van der Waals surface area contributed by atoms with E-state index < -0.39 is 0 Å². The van der Waals surface area contributed by atoms with Crippen LogP contribution in [-0.2, 0) is 16.2 Å². The van der Waals surface area contributed by atoms with E-state index in [1.165, 1.54) is 49.7 Å². The fourth-order valence-corrected chi connectivity index (χ4v) is 10.4. The van der Waals surface area contributed by atoms with E-state index in [1.807, 2.05) is 6.20 Å². The van der Waals surface area contributed by atoms with Crippen molar-refractivity contribution in [1.82, 2.24) is 14.4 Å². The molecule has 11 rings (SSSR count). The summed E-state index contributed by atoms with van der Waals surface area (Å²) in [5.41, 5.74) is 14.7. The molecule has 9 aromatic rings. The number of anilines is 4. The minimum atomic E-state index is -0.222. The van der Waals surface area contributed by atoms with Crippen molar-refractivity contribution >= 4 is 62.6 Å². The van der Waals surface area contributed by atoms with Crippen LogP contribution in [0.25, 0.3) is 38.6 Å². The second-order valence-electron chi connectivity index (χ2n) is 19.7. The van der Waals surface area contributed by atoms with Gasteiger partial charge in [-0.1, -0.05) is 145 Å². The Kier molecular flexibility index (Phi) is 8.56. The molecule has 3 aromatic heterocycles. The number of fused-ring (bicyclic) bond motifs is 4. The number of rotatable bonds is 6. The predicted molar refractivity (Wildman–Crippen MR) is 263 cm³/mol. The highest BCUT2D eigenvalue weighted by atomic mass is 16.5. The van der Waals surface area contributed by atoms with Gasteiger partial charge in [0, 0.05) is 45.1 Å². The molecule has 0 amide bonds. The van der Waals surface area contributed by atoms with Gasteiger partial charge in [0.25, 0.3) is 0 Å². The third-order valence-corrected chi connectivity index (χ3v) is 14.4. The maximum Gasteiger partial charge on any atom is 0.422 e. The van der Waals surface area contributed by atoms with E-state index in [4.69, 9.17) is 14.7 Å². The second kappa shape index (κ2) is 13.8. The maximum absolute atomic E-state index is 7.00. The number of para-hydroxylation sites is 2. The smallest absolute Gasteiger partial charge is 0.422 e. The molecule has 0 N–H and O–H groups in total. The number of aromatic nitrogens is 3. The van der Waals surface area contributed by atoms with E-state index in [1.54, 1.807) is 0 Å². The molecular formula is C56H52BN5O. The molecule has 2 aliphatic heterocycles. The molecule has 5 heterocycles. The molecule has 0 bridgehead atoms.